The summed E-state index contributed by atoms with van der Waals surface area (Å²) in [5, 5.41) is 0. The Morgan fingerprint density at radius 2 is 1.12 bits per heavy atom. The van der Waals surface area contributed by atoms with Crippen molar-refractivity contribution >= 4 is 11.9 Å². The van der Waals surface area contributed by atoms with Gasteiger partial charge in [0, 0.05) is 25.0 Å². The Morgan fingerprint density at radius 1 is 0.628 bits per heavy atom. The molecule has 0 fully saturated rings. The second-order valence-electron chi connectivity index (χ2n) is 10.6. The third-order valence-corrected chi connectivity index (χ3v) is 7.14. The summed E-state index contributed by atoms with van der Waals surface area (Å²) in [4.78, 5) is 23.7. The molecule has 0 aromatic heterocycles. The monoisotopic (exact) mass is 574 g/mol. The van der Waals surface area contributed by atoms with Gasteiger partial charge in [-0.1, -0.05) is 73.8 Å². The lowest BCUT2D eigenvalue weighted by Gasteiger charge is -2.19. The van der Waals surface area contributed by atoms with Crippen LogP contribution in [0.25, 0.3) is 33.4 Å². The predicted octanol–water partition coefficient (Wildman–Crippen LogP) is 8.28. The molecular formula is C37H34O6. The largest absolute Gasteiger partial charge is 0.455 e. The number of ether oxygens (including phenoxy) is 4. The second-order valence-corrected chi connectivity index (χ2v) is 10.6. The molecule has 0 spiro atoms. The van der Waals surface area contributed by atoms with E-state index >= 15 is 0 Å². The Balaban J connectivity index is 1.46. The molecule has 6 nitrogen and oxygen atoms in total. The minimum absolute atomic E-state index is 0.317. The lowest BCUT2D eigenvalue weighted by molar-refractivity contribution is -0.157. The zero-order chi connectivity index (χ0) is 30.7. The van der Waals surface area contributed by atoms with Crippen LogP contribution in [0.15, 0.2) is 109 Å². The van der Waals surface area contributed by atoms with Crippen molar-refractivity contribution < 1.29 is 28.5 Å². The Kier molecular flexibility index (Phi) is 8.48. The van der Waals surface area contributed by atoms with Crippen molar-refractivity contribution in [3.05, 3.63) is 120 Å². The first kappa shape index (κ1) is 29.4. The van der Waals surface area contributed by atoms with Crippen LogP contribution in [-0.2, 0) is 25.5 Å². The first-order chi connectivity index (χ1) is 20.6. The van der Waals surface area contributed by atoms with E-state index in [2.05, 4.69) is 49.6 Å². The third-order valence-electron chi connectivity index (χ3n) is 7.14. The first-order valence-electron chi connectivity index (χ1n) is 14.1. The van der Waals surface area contributed by atoms with E-state index in [1.807, 2.05) is 48.5 Å². The van der Waals surface area contributed by atoms with E-state index in [0.717, 1.165) is 28.7 Å². The molecule has 1 aliphatic carbocycles. The quantitative estimate of drug-likeness (QED) is 0.0950. The summed E-state index contributed by atoms with van der Waals surface area (Å²) < 4.78 is 22.2. The maximum atomic E-state index is 11.9. The summed E-state index contributed by atoms with van der Waals surface area (Å²) >= 11 is 0. The van der Waals surface area contributed by atoms with E-state index in [1.165, 1.54) is 22.3 Å². The van der Waals surface area contributed by atoms with E-state index < -0.39 is 24.5 Å². The summed E-state index contributed by atoms with van der Waals surface area (Å²) in [5.41, 5.74) is 9.95. The number of rotatable bonds is 10. The minimum atomic E-state index is -0.756. The van der Waals surface area contributed by atoms with Gasteiger partial charge in [0.2, 0.25) is 12.6 Å². The molecule has 2 atom stereocenters. The summed E-state index contributed by atoms with van der Waals surface area (Å²) in [6.45, 7) is 13.8. The fourth-order valence-electron chi connectivity index (χ4n) is 5.13. The van der Waals surface area contributed by atoms with Crippen molar-refractivity contribution in [3.8, 4) is 44.9 Å². The summed E-state index contributed by atoms with van der Waals surface area (Å²) in [7, 11) is 0. The van der Waals surface area contributed by atoms with Crippen LogP contribution in [0.3, 0.4) is 0 Å². The Bertz CT molecular complexity index is 1700. The smallest absolute Gasteiger partial charge is 0.336 e. The molecule has 4 aromatic carbocycles. The molecule has 0 radical (unpaired) electrons. The second kappa shape index (κ2) is 12.4. The van der Waals surface area contributed by atoms with Gasteiger partial charge in [0.15, 0.2) is 0 Å². The van der Waals surface area contributed by atoms with Crippen molar-refractivity contribution in [3.63, 3.8) is 0 Å². The topological polar surface area (TPSA) is 71.1 Å². The van der Waals surface area contributed by atoms with Gasteiger partial charge in [0.1, 0.15) is 11.5 Å². The van der Waals surface area contributed by atoms with Gasteiger partial charge in [-0.25, -0.2) is 9.59 Å². The van der Waals surface area contributed by atoms with E-state index in [0.29, 0.717) is 22.6 Å². The molecule has 218 valence electrons. The molecular weight excluding hydrogens is 540 g/mol. The Labute approximate surface area is 252 Å². The van der Waals surface area contributed by atoms with Crippen LogP contribution < -0.4 is 9.47 Å². The molecule has 0 N–H and O–H groups in total. The maximum Gasteiger partial charge on any atom is 0.336 e. The molecule has 43 heavy (non-hydrogen) atoms. The molecule has 0 bridgehead atoms. The van der Waals surface area contributed by atoms with E-state index in [4.69, 9.17) is 18.9 Å². The molecule has 0 saturated heterocycles. The average Bonchev–Trinajstić information content (AvgIpc) is 3.36. The van der Waals surface area contributed by atoms with Crippen LogP contribution in [0.2, 0.25) is 0 Å². The zero-order valence-corrected chi connectivity index (χ0v) is 24.8. The van der Waals surface area contributed by atoms with Gasteiger partial charge in [-0.3, -0.25) is 0 Å². The number of carbonyl (C=O) groups excluding carboxylic acids is 2. The van der Waals surface area contributed by atoms with Crippen LogP contribution in [-0.4, -0.2) is 24.5 Å². The van der Waals surface area contributed by atoms with Crippen LogP contribution >= 0.6 is 0 Å². The highest BCUT2D eigenvalue weighted by Gasteiger charge is 2.24. The van der Waals surface area contributed by atoms with E-state index in [9.17, 15) is 9.59 Å². The van der Waals surface area contributed by atoms with Crippen LogP contribution in [0.4, 0.5) is 0 Å². The number of hydrogen-bond acceptors (Lipinski definition) is 6. The predicted molar refractivity (Wildman–Crippen MR) is 168 cm³/mol. The molecule has 5 rings (SSSR count). The van der Waals surface area contributed by atoms with Crippen LogP contribution in [0, 0.1) is 0 Å². The molecule has 6 heteroatoms. The number of hydrogen-bond donors (Lipinski definition) is 0. The van der Waals surface area contributed by atoms with Gasteiger partial charge >= 0.3 is 11.9 Å². The molecule has 0 heterocycles. The van der Waals surface area contributed by atoms with Crippen LogP contribution in [0.1, 0.15) is 38.8 Å². The molecule has 0 saturated carbocycles. The third kappa shape index (κ3) is 6.54. The highest BCUT2D eigenvalue weighted by molar-refractivity contribution is 5.94. The fraction of sp³-hybridized carbons (Fsp3) is 0.189. The molecule has 2 unspecified atom stereocenters. The van der Waals surface area contributed by atoms with Gasteiger partial charge in [-0.2, -0.15) is 0 Å². The van der Waals surface area contributed by atoms with Crippen molar-refractivity contribution in [2.45, 2.75) is 46.7 Å². The van der Waals surface area contributed by atoms with Gasteiger partial charge < -0.3 is 18.9 Å². The standard InChI is InChI=1S/C37H34O6/c1-22(2)36(38)42-24(5)40-29-15-11-26(12-16-29)32-19-20-33-31-10-8-7-9-28(31)21-34(33)35(32)27-13-17-30(18-14-27)41-25(6)43-37(39)23(3)4/h7-20,24-25H,1,3,21H2,2,4-6H3. The van der Waals surface area contributed by atoms with Crippen molar-refractivity contribution in [1.82, 2.24) is 0 Å². The number of carbonyl (C=O) groups is 2. The van der Waals surface area contributed by atoms with Gasteiger partial charge in [0.25, 0.3) is 0 Å². The highest BCUT2D eigenvalue weighted by Crippen LogP contribution is 2.46. The summed E-state index contributed by atoms with van der Waals surface area (Å²) in [6.07, 6.45) is -0.682. The Morgan fingerprint density at radius 3 is 1.65 bits per heavy atom. The van der Waals surface area contributed by atoms with E-state index in [1.54, 1.807) is 27.7 Å². The lowest BCUT2D eigenvalue weighted by atomic mass is 9.88. The Hall–Kier alpha value is -5.10. The maximum absolute atomic E-state index is 11.9. The van der Waals surface area contributed by atoms with E-state index in [-0.39, 0.29) is 0 Å². The zero-order valence-electron chi connectivity index (χ0n) is 24.8. The van der Waals surface area contributed by atoms with Gasteiger partial charge in [-0.15, -0.1) is 0 Å². The lowest BCUT2D eigenvalue weighted by Crippen LogP contribution is -2.21. The SMILES string of the molecule is C=C(C)C(=O)OC(C)Oc1ccc(-c2ccc3c(c2-c2ccc(OC(C)OC(=O)C(=C)C)cc2)Cc2ccccc2-3)cc1. The number of fused-ring (bicyclic) bond motifs is 3. The number of benzene rings is 4. The van der Waals surface area contributed by atoms with Crippen LogP contribution in [0.5, 0.6) is 11.5 Å². The molecule has 0 aliphatic heterocycles. The number of esters is 2. The molecule has 4 aromatic rings. The normalized spacial score (nSPS) is 12.7. The van der Waals surface area contributed by atoms with Gasteiger partial charge in [0.05, 0.1) is 0 Å². The first-order valence-corrected chi connectivity index (χ1v) is 14.1. The summed E-state index contributed by atoms with van der Waals surface area (Å²) in [6, 6.07) is 28.4. The van der Waals surface area contributed by atoms with Crippen molar-refractivity contribution in [2.75, 3.05) is 0 Å². The molecule has 1 aliphatic rings. The highest BCUT2D eigenvalue weighted by atomic mass is 16.7. The van der Waals surface area contributed by atoms with Crippen molar-refractivity contribution in [1.29, 1.82) is 0 Å². The summed E-state index contributed by atoms with van der Waals surface area (Å²) in [5.74, 6) is 0.188. The molecule has 0 amide bonds. The van der Waals surface area contributed by atoms with Gasteiger partial charge in [-0.05, 0) is 89.0 Å². The fourth-order valence-corrected chi connectivity index (χ4v) is 5.13. The minimum Gasteiger partial charge on any atom is -0.455 e. The van der Waals surface area contributed by atoms with Crippen molar-refractivity contribution in [2.24, 2.45) is 0 Å². The average molecular weight is 575 g/mol.